The molecule has 148 valence electrons. The summed E-state index contributed by atoms with van der Waals surface area (Å²) >= 11 is 1.30. The van der Waals surface area contributed by atoms with E-state index in [1.807, 2.05) is 0 Å². The fourth-order valence-corrected chi connectivity index (χ4v) is 5.06. The average molecular weight is 422 g/mol. The quantitative estimate of drug-likeness (QED) is 0.403. The largest absolute Gasteiger partial charge is 0.339 e. The molecule has 0 unspecified atom stereocenters. The fraction of sp³-hybridized carbons (Fsp3) is 0.278. The van der Waals surface area contributed by atoms with Crippen LogP contribution in [0, 0.1) is 10.1 Å². The van der Waals surface area contributed by atoms with Gasteiger partial charge in [0.25, 0.3) is 5.69 Å². The van der Waals surface area contributed by atoms with E-state index in [0.29, 0.717) is 13.1 Å². The molecule has 0 radical (unpaired) electrons. The lowest BCUT2D eigenvalue weighted by molar-refractivity contribution is -0.384. The Morgan fingerprint density at radius 3 is 2.18 bits per heavy atom. The number of nitro groups is 1. The molecule has 3 rings (SSSR count). The molecule has 1 aliphatic rings. The van der Waals surface area contributed by atoms with Crippen molar-refractivity contribution in [1.29, 1.82) is 0 Å². The van der Waals surface area contributed by atoms with Gasteiger partial charge in [-0.1, -0.05) is 18.2 Å². The molecular weight excluding hydrogens is 402 g/mol. The maximum Gasteiger partial charge on any atom is 0.269 e. The second kappa shape index (κ2) is 8.72. The minimum Gasteiger partial charge on any atom is -0.339 e. The van der Waals surface area contributed by atoms with Crippen molar-refractivity contribution < 1.29 is 18.1 Å². The van der Waals surface area contributed by atoms with E-state index in [0.717, 1.165) is 4.90 Å². The molecule has 10 heteroatoms. The number of amides is 1. The molecule has 0 saturated carbocycles. The number of carbonyl (C=O) groups is 1. The first kappa shape index (κ1) is 20.3. The van der Waals surface area contributed by atoms with Gasteiger partial charge < -0.3 is 4.90 Å². The lowest BCUT2D eigenvalue weighted by Crippen LogP contribution is -2.50. The summed E-state index contributed by atoms with van der Waals surface area (Å²) < 4.78 is 26.6. The molecular formula is C18H19N3O5S2. The van der Waals surface area contributed by atoms with Gasteiger partial charge in [-0.05, 0) is 24.3 Å². The van der Waals surface area contributed by atoms with Crippen LogP contribution < -0.4 is 0 Å². The molecule has 0 aliphatic carbocycles. The third kappa shape index (κ3) is 4.70. The van der Waals surface area contributed by atoms with Crippen LogP contribution in [0.2, 0.25) is 0 Å². The highest BCUT2D eigenvalue weighted by Gasteiger charge is 2.29. The van der Waals surface area contributed by atoms with Gasteiger partial charge in [-0.15, -0.1) is 11.8 Å². The lowest BCUT2D eigenvalue weighted by atomic mass is 10.3. The zero-order chi connectivity index (χ0) is 20.1. The summed E-state index contributed by atoms with van der Waals surface area (Å²) in [6.07, 6.45) is 0. The second-order valence-corrected chi connectivity index (χ2v) is 9.12. The van der Waals surface area contributed by atoms with Crippen LogP contribution in [0.1, 0.15) is 0 Å². The van der Waals surface area contributed by atoms with E-state index in [9.17, 15) is 23.3 Å². The maximum absolute atomic E-state index is 12.6. The molecule has 2 aromatic rings. The fourth-order valence-electron chi connectivity index (χ4n) is 2.82. The van der Waals surface area contributed by atoms with E-state index in [4.69, 9.17) is 0 Å². The Labute approximate surface area is 167 Å². The van der Waals surface area contributed by atoms with Gasteiger partial charge in [-0.2, -0.15) is 4.31 Å². The molecule has 0 spiro atoms. The van der Waals surface area contributed by atoms with Crippen molar-refractivity contribution in [2.75, 3.05) is 31.9 Å². The van der Waals surface area contributed by atoms with Gasteiger partial charge in [0.1, 0.15) is 0 Å². The van der Waals surface area contributed by atoms with Gasteiger partial charge in [0, 0.05) is 43.2 Å². The zero-order valence-electron chi connectivity index (χ0n) is 14.9. The minimum atomic E-state index is -3.54. The van der Waals surface area contributed by atoms with Crippen molar-refractivity contribution in [1.82, 2.24) is 9.21 Å². The van der Waals surface area contributed by atoms with Crippen molar-refractivity contribution in [2.45, 2.75) is 9.79 Å². The summed E-state index contributed by atoms with van der Waals surface area (Å²) in [7, 11) is -3.54. The number of thioether (sulfide) groups is 1. The summed E-state index contributed by atoms with van der Waals surface area (Å²) in [5.41, 5.74) is 0.00595. The Morgan fingerprint density at radius 1 is 1.00 bits per heavy atom. The molecule has 1 aliphatic heterocycles. The van der Waals surface area contributed by atoms with Crippen molar-refractivity contribution in [2.24, 2.45) is 0 Å². The highest BCUT2D eigenvalue weighted by Crippen LogP contribution is 2.22. The molecule has 8 nitrogen and oxygen atoms in total. The van der Waals surface area contributed by atoms with Crippen LogP contribution in [0.3, 0.4) is 0 Å². The smallest absolute Gasteiger partial charge is 0.269 e. The third-order valence-corrected chi connectivity index (χ3v) is 7.29. The van der Waals surface area contributed by atoms with Gasteiger partial charge >= 0.3 is 0 Å². The standard InChI is InChI=1S/C18H19N3O5S2/c22-18(14-27-16-8-6-15(7-9-16)21(23)24)19-10-12-20(13-11-19)28(25,26)17-4-2-1-3-5-17/h1-9H,10-14H2. The van der Waals surface area contributed by atoms with Crippen molar-refractivity contribution >= 4 is 33.4 Å². The number of piperazine rings is 1. The maximum atomic E-state index is 12.6. The first-order chi connectivity index (χ1) is 13.4. The number of carbonyl (C=O) groups excluding carboxylic acids is 1. The van der Waals surface area contributed by atoms with Crippen molar-refractivity contribution in [3.05, 3.63) is 64.7 Å². The van der Waals surface area contributed by atoms with E-state index < -0.39 is 14.9 Å². The molecule has 1 saturated heterocycles. The van der Waals surface area contributed by atoms with E-state index in [2.05, 4.69) is 0 Å². The minimum absolute atomic E-state index is 0.00595. The van der Waals surface area contributed by atoms with Gasteiger partial charge in [0.05, 0.1) is 15.6 Å². The Balaban J connectivity index is 1.52. The summed E-state index contributed by atoms with van der Waals surface area (Å²) in [5, 5.41) is 10.7. The van der Waals surface area contributed by atoms with E-state index in [-0.39, 0.29) is 35.3 Å². The van der Waals surface area contributed by atoms with E-state index >= 15 is 0 Å². The highest BCUT2D eigenvalue weighted by molar-refractivity contribution is 8.00. The number of hydrogen-bond donors (Lipinski definition) is 0. The van der Waals surface area contributed by atoms with Gasteiger partial charge in [-0.25, -0.2) is 8.42 Å². The van der Waals surface area contributed by atoms with Crippen molar-refractivity contribution in [3.63, 3.8) is 0 Å². The number of hydrogen-bond acceptors (Lipinski definition) is 6. The predicted molar refractivity (Wildman–Crippen MR) is 106 cm³/mol. The number of rotatable bonds is 6. The van der Waals surface area contributed by atoms with E-state index in [1.165, 1.54) is 28.2 Å². The van der Waals surface area contributed by atoms with Crippen LogP contribution in [0.15, 0.2) is 64.4 Å². The predicted octanol–water partition coefficient (Wildman–Crippen LogP) is 2.22. The molecule has 1 heterocycles. The normalized spacial score (nSPS) is 15.4. The summed E-state index contributed by atoms with van der Waals surface area (Å²) in [6, 6.07) is 14.3. The number of non-ortho nitro benzene ring substituents is 1. The lowest BCUT2D eigenvalue weighted by Gasteiger charge is -2.34. The zero-order valence-corrected chi connectivity index (χ0v) is 16.6. The molecule has 28 heavy (non-hydrogen) atoms. The Morgan fingerprint density at radius 2 is 1.61 bits per heavy atom. The molecule has 0 aromatic heterocycles. The van der Waals surface area contributed by atoms with Crippen LogP contribution in [0.5, 0.6) is 0 Å². The van der Waals surface area contributed by atoms with Crippen molar-refractivity contribution in [3.8, 4) is 0 Å². The summed E-state index contributed by atoms with van der Waals surface area (Å²) in [6.45, 7) is 1.19. The molecule has 1 amide bonds. The molecule has 2 aromatic carbocycles. The number of benzene rings is 2. The van der Waals surface area contributed by atoms with Gasteiger partial charge in [0.15, 0.2) is 0 Å². The SMILES string of the molecule is O=C(CSc1ccc([N+](=O)[O-])cc1)N1CCN(S(=O)(=O)c2ccccc2)CC1. The Bertz CT molecular complexity index is 941. The number of nitrogens with zero attached hydrogens (tertiary/aromatic N) is 3. The summed E-state index contributed by atoms with van der Waals surface area (Å²) in [5.74, 6) is 0.114. The van der Waals surface area contributed by atoms with Crippen LogP contribution in [0.4, 0.5) is 5.69 Å². The highest BCUT2D eigenvalue weighted by atomic mass is 32.2. The first-order valence-electron chi connectivity index (χ1n) is 8.58. The monoisotopic (exact) mass is 421 g/mol. The molecule has 0 atom stereocenters. The van der Waals surface area contributed by atoms with Crippen LogP contribution in [0.25, 0.3) is 0 Å². The average Bonchev–Trinajstić information content (AvgIpc) is 2.73. The van der Waals surface area contributed by atoms with Gasteiger partial charge in [-0.3, -0.25) is 14.9 Å². The topological polar surface area (TPSA) is 101 Å². The van der Waals surface area contributed by atoms with Crippen LogP contribution in [-0.4, -0.2) is 60.4 Å². The summed E-state index contributed by atoms with van der Waals surface area (Å²) in [4.78, 5) is 25.3. The van der Waals surface area contributed by atoms with Gasteiger partial charge in [0.2, 0.25) is 15.9 Å². The molecule has 1 fully saturated rings. The number of nitro benzene ring substituents is 1. The number of sulfonamides is 1. The Hall–Kier alpha value is -2.43. The van der Waals surface area contributed by atoms with Crippen LogP contribution in [-0.2, 0) is 14.8 Å². The van der Waals surface area contributed by atoms with Crippen LogP contribution >= 0.6 is 11.8 Å². The first-order valence-corrected chi connectivity index (χ1v) is 11.0. The molecule has 0 N–H and O–H groups in total. The molecule has 0 bridgehead atoms. The Kier molecular flexibility index (Phi) is 6.32. The van der Waals surface area contributed by atoms with E-state index in [1.54, 1.807) is 47.4 Å². The second-order valence-electron chi connectivity index (χ2n) is 6.14. The third-order valence-electron chi connectivity index (χ3n) is 4.38.